The van der Waals surface area contributed by atoms with E-state index in [4.69, 9.17) is 15.2 Å². The van der Waals surface area contributed by atoms with Gasteiger partial charge in [0.2, 0.25) is 0 Å². The Balaban J connectivity index is 2.18. The molecule has 0 radical (unpaired) electrons. The Bertz CT molecular complexity index is 606. The fraction of sp³-hybridized carbons (Fsp3) is 0.125. The maximum atomic E-state index is 6.03. The van der Waals surface area contributed by atoms with E-state index in [0.717, 1.165) is 22.7 Å². The number of nitrogens with one attached hydrogen (secondary N) is 1. The highest BCUT2D eigenvalue weighted by atomic mass is 16.5. The lowest BCUT2D eigenvalue weighted by Gasteiger charge is -2.12. The maximum absolute atomic E-state index is 6.03. The average Bonchev–Trinajstić information content (AvgIpc) is 2.49. The Morgan fingerprint density at radius 1 is 1.10 bits per heavy atom. The zero-order chi connectivity index (χ0) is 14.5. The summed E-state index contributed by atoms with van der Waals surface area (Å²) in [5.41, 5.74) is 9.31. The van der Waals surface area contributed by atoms with Crippen molar-refractivity contribution in [3.05, 3.63) is 54.6 Å². The van der Waals surface area contributed by atoms with Crippen LogP contribution in [-0.2, 0) is 4.74 Å². The molecule has 0 aliphatic heterocycles. The second kappa shape index (κ2) is 6.02. The van der Waals surface area contributed by atoms with E-state index in [1.807, 2.05) is 42.5 Å². The number of nitrogen functional groups attached to an aromatic ring is 1. The van der Waals surface area contributed by atoms with Crippen LogP contribution >= 0.6 is 0 Å². The van der Waals surface area contributed by atoms with Gasteiger partial charge in [0.15, 0.2) is 0 Å². The van der Waals surface area contributed by atoms with Crippen LogP contribution in [0.25, 0.3) is 5.76 Å². The van der Waals surface area contributed by atoms with Gasteiger partial charge in [-0.05, 0) is 42.5 Å². The first kappa shape index (κ1) is 13.8. The van der Waals surface area contributed by atoms with Gasteiger partial charge >= 0.3 is 0 Å². The van der Waals surface area contributed by atoms with Crippen LogP contribution in [0.3, 0.4) is 0 Å². The number of nitrogens with two attached hydrogens (primary N) is 1. The Hall–Kier alpha value is -2.62. The van der Waals surface area contributed by atoms with Gasteiger partial charge in [-0.1, -0.05) is 6.58 Å². The molecule has 0 unspecified atom stereocenters. The highest BCUT2D eigenvalue weighted by Crippen LogP contribution is 2.27. The van der Waals surface area contributed by atoms with Crippen molar-refractivity contribution in [2.45, 2.75) is 0 Å². The van der Waals surface area contributed by atoms with Crippen molar-refractivity contribution < 1.29 is 9.47 Å². The van der Waals surface area contributed by atoms with Crippen molar-refractivity contribution >= 4 is 22.8 Å². The third-order valence-electron chi connectivity index (χ3n) is 2.99. The number of ether oxygens (including phenoxy) is 2. The minimum absolute atomic E-state index is 0.590. The van der Waals surface area contributed by atoms with Crippen LogP contribution in [0.1, 0.15) is 5.56 Å². The molecule has 4 heteroatoms. The first-order chi connectivity index (χ1) is 9.63. The Labute approximate surface area is 118 Å². The quantitative estimate of drug-likeness (QED) is 0.643. The minimum atomic E-state index is 0.590. The molecular formula is C16H18N2O2. The second-order valence-corrected chi connectivity index (χ2v) is 4.28. The second-order valence-electron chi connectivity index (χ2n) is 4.28. The first-order valence-electron chi connectivity index (χ1n) is 6.18. The van der Waals surface area contributed by atoms with Crippen molar-refractivity contribution in [2.75, 3.05) is 25.3 Å². The fourth-order valence-electron chi connectivity index (χ4n) is 1.80. The van der Waals surface area contributed by atoms with Crippen LogP contribution in [0.2, 0.25) is 0 Å². The summed E-state index contributed by atoms with van der Waals surface area (Å²) in [5, 5.41) is 3.26. The van der Waals surface area contributed by atoms with E-state index in [1.54, 1.807) is 14.2 Å². The molecule has 0 spiro atoms. The van der Waals surface area contributed by atoms with Crippen molar-refractivity contribution in [3.8, 4) is 5.75 Å². The van der Waals surface area contributed by atoms with Gasteiger partial charge in [-0.15, -0.1) is 0 Å². The molecule has 0 aliphatic carbocycles. The van der Waals surface area contributed by atoms with Crippen LogP contribution in [0.15, 0.2) is 49.0 Å². The average molecular weight is 270 g/mol. The standard InChI is InChI=1S/C16H18N2O2/c1-11(19-2)12-4-9-16(15(17)10-12)18-13-5-7-14(20-3)8-6-13/h4-10,18H,1,17H2,2-3H3. The van der Waals surface area contributed by atoms with Gasteiger partial charge in [0.1, 0.15) is 11.5 Å². The molecule has 2 aromatic rings. The lowest BCUT2D eigenvalue weighted by Crippen LogP contribution is -1.98. The number of rotatable bonds is 5. The van der Waals surface area contributed by atoms with Gasteiger partial charge in [-0.2, -0.15) is 0 Å². The van der Waals surface area contributed by atoms with Crippen LogP contribution in [0.5, 0.6) is 5.75 Å². The highest BCUT2D eigenvalue weighted by molar-refractivity contribution is 5.76. The molecule has 0 atom stereocenters. The lowest BCUT2D eigenvalue weighted by atomic mass is 10.1. The molecular weight excluding hydrogens is 252 g/mol. The van der Waals surface area contributed by atoms with E-state index in [0.29, 0.717) is 11.4 Å². The van der Waals surface area contributed by atoms with E-state index in [-0.39, 0.29) is 0 Å². The van der Waals surface area contributed by atoms with Gasteiger partial charge < -0.3 is 20.5 Å². The van der Waals surface area contributed by atoms with Gasteiger partial charge in [-0.3, -0.25) is 0 Å². The molecule has 0 bridgehead atoms. The summed E-state index contributed by atoms with van der Waals surface area (Å²) in [6.45, 7) is 3.81. The SMILES string of the molecule is C=C(OC)c1ccc(Nc2ccc(OC)cc2)c(N)c1. The van der Waals surface area contributed by atoms with Crippen LogP contribution in [0.4, 0.5) is 17.1 Å². The zero-order valence-electron chi connectivity index (χ0n) is 11.6. The molecule has 0 saturated carbocycles. The van der Waals surface area contributed by atoms with E-state index in [1.165, 1.54) is 0 Å². The largest absolute Gasteiger partial charge is 0.497 e. The van der Waals surface area contributed by atoms with Crippen LogP contribution in [-0.4, -0.2) is 14.2 Å². The molecule has 20 heavy (non-hydrogen) atoms. The van der Waals surface area contributed by atoms with Gasteiger partial charge in [0, 0.05) is 11.3 Å². The normalized spacial score (nSPS) is 9.90. The van der Waals surface area contributed by atoms with E-state index in [2.05, 4.69) is 11.9 Å². The number of hydrogen-bond acceptors (Lipinski definition) is 4. The Morgan fingerprint density at radius 3 is 2.35 bits per heavy atom. The van der Waals surface area contributed by atoms with Crippen LogP contribution in [0, 0.1) is 0 Å². The zero-order valence-corrected chi connectivity index (χ0v) is 11.6. The summed E-state index contributed by atoms with van der Waals surface area (Å²) in [6.07, 6.45) is 0. The molecule has 4 nitrogen and oxygen atoms in total. The number of hydrogen-bond donors (Lipinski definition) is 2. The monoisotopic (exact) mass is 270 g/mol. The highest BCUT2D eigenvalue weighted by Gasteiger charge is 2.04. The van der Waals surface area contributed by atoms with Crippen molar-refractivity contribution in [2.24, 2.45) is 0 Å². The topological polar surface area (TPSA) is 56.5 Å². The molecule has 0 heterocycles. The van der Waals surface area contributed by atoms with E-state index < -0.39 is 0 Å². The summed E-state index contributed by atoms with van der Waals surface area (Å²) < 4.78 is 10.2. The van der Waals surface area contributed by atoms with Gasteiger partial charge in [0.05, 0.1) is 25.6 Å². The summed E-state index contributed by atoms with van der Waals surface area (Å²) in [6, 6.07) is 13.3. The van der Waals surface area contributed by atoms with Gasteiger partial charge in [-0.25, -0.2) is 0 Å². The summed E-state index contributed by atoms with van der Waals surface area (Å²) >= 11 is 0. The molecule has 3 N–H and O–H groups in total. The third-order valence-corrected chi connectivity index (χ3v) is 2.99. The molecule has 104 valence electrons. The molecule has 2 rings (SSSR count). The summed E-state index contributed by atoms with van der Waals surface area (Å²) in [5.74, 6) is 1.41. The van der Waals surface area contributed by atoms with Crippen LogP contribution < -0.4 is 15.8 Å². The van der Waals surface area contributed by atoms with E-state index in [9.17, 15) is 0 Å². The maximum Gasteiger partial charge on any atom is 0.119 e. The summed E-state index contributed by atoms with van der Waals surface area (Å²) in [4.78, 5) is 0. The fourth-order valence-corrected chi connectivity index (χ4v) is 1.80. The minimum Gasteiger partial charge on any atom is -0.497 e. The first-order valence-corrected chi connectivity index (χ1v) is 6.18. The smallest absolute Gasteiger partial charge is 0.119 e. The molecule has 0 saturated heterocycles. The third kappa shape index (κ3) is 3.03. The van der Waals surface area contributed by atoms with Crippen molar-refractivity contribution in [1.82, 2.24) is 0 Å². The molecule has 0 aliphatic rings. The molecule has 0 aromatic heterocycles. The summed E-state index contributed by atoms with van der Waals surface area (Å²) in [7, 11) is 3.23. The predicted octanol–water partition coefficient (Wildman–Crippen LogP) is 3.64. The number of benzene rings is 2. The van der Waals surface area contributed by atoms with E-state index >= 15 is 0 Å². The van der Waals surface area contributed by atoms with Crippen molar-refractivity contribution in [1.29, 1.82) is 0 Å². The number of anilines is 3. The number of methoxy groups -OCH3 is 2. The molecule has 2 aromatic carbocycles. The lowest BCUT2D eigenvalue weighted by molar-refractivity contribution is 0.371. The predicted molar refractivity (Wildman–Crippen MR) is 83.2 cm³/mol. The Morgan fingerprint density at radius 2 is 1.80 bits per heavy atom. The van der Waals surface area contributed by atoms with Crippen molar-refractivity contribution in [3.63, 3.8) is 0 Å². The van der Waals surface area contributed by atoms with Gasteiger partial charge in [0.25, 0.3) is 0 Å². The molecule has 0 amide bonds. The Kier molecular flexibility index (Phi) is 4.15. The molecule has 0 fully saturated rings.